The Morgan fingerprint density at radius 3 is 2.63 bits per heavy atom. The minimum atomic E-state index is 0.242. The van der Waals surface area contributed by atoms with E-state index < -0.39 is 0 Å². The fourth-order valence-corrected chi connectivity index (χ4v) is 4.19. The summed E-state index contributed by atoms with van der Waals surface area (Å²) in [5.74, 6) is 1.79. The molecule has 19 heavy (non-hydrogen) atoms. The highest BCUT2D eigenvalue weighted by molar-refractivity contribution is 5.14. The zero-order valence-corrected chi connectivity index (χ0v) is 11.9. The van der Waals surface area contributed by atoms with Crippen molar-refractivity contribution in [2.75, 3.05) is 6.61 Å². The van der Waals surface area contributed by atoms with Gasteiger partial charge in [-0.3, -0.25) is 0 Å². The third kappa shape index (κ3) is 2.32. The lowest BCUT2D eigenvalue weighted by Crippen LogP contribution is -2.38. The number of benzene rings is 1. The minimum absolute atomic E-state index is 0.242. The normalized spacial score (nSPS) is 40.8. The second-order valence-corrected chi connectivity index (χ2v) is 6.63. The van der Waals surface area contributed by atoms with Crippen LogP contribution in [0.5, 0.6) is 0 Å². The molecule has 0 radical (unpaired) electrons. The molecule has 1 aromatic carbocycles. The van der Waals surface area contributed by atoms with Gasteiger partial charge in [0.1, 0.15) is 0 Å². The summed E-state index contributed by atoms with van der Waals surface area (Å²) >= 11 is 0. The van der Waals surface area contributed by atoms with Gasteiger partial charge in [-0.05, 0) is 41.6 Å². The van der Waals surface area contributed by atoms with Crippen LogP contribution in [-0.2, 0) is 11.3 Å². The summed E-state index contributed by atoms with van der Waals surface area (Å²) in [5, 5.41) is 9.58. The van der Waals surface area contributed by atoms with Gasteiger partial charge in [0, 0.05) is 6.61 Å². The quantitative estimate of drug-likeness (QED) is 0.900. The van der Waals surface area contributed by atoms with Crippen molar-refractivity contribution in [3.05, 3.63) is 35.9 Å². The van der Waals surface area contributed by atoms with E-state index in [0.717, 1.165) is 6.42 Å². The van der Waals surface area contributed by atoms with Gasteiger partial charge in [-0.1, -0.05) is 44.2 Å². The summed E-state index contributed by atoms with van der Waals surface area (Å²) in [5.41, 5.74) is 1.49. The van der Waals surface area contributed by atoms with Crippen molar-refractivity contribution in [3.63, 3.8) is 0 Å². The van der Waals surface area contributed by atoms with Gasteiger partial charge in [-0.25, -0.2) is 0 Å². The molecule has 0 spiro atoms. The van der Waals surface area contributed by atoms with Crippen LogP contribution in [0.3, 0.4) is 0 Å². The number of ether oxygens (including phenoxy) is 1. The first-order valence-corrected chi connectivity index (χ1v) is 7.43. The van der Waals surface area contributed by atoms with Gasteiger partial charge in [0.25, 0.3) is 0 Å². The van der Waals surface area contributed by atoms with E-state index in [0.29, 0.717) is 37.1 Å². The van der Waals surface area contributed by atoms with Crippen molar-refractivity contribution in [2.45, 2.75) is 39.4 Å². The molecule has 2 saturated carbocycles. The van der Waals surface area contributed by atoms with Crippen molar-refractivity contribution in [1.29, 1.82) is 0 Å². The van der Waals surface area contributed by atoms with Crippen LogP contribution in [0.25, 0.3) is 0 Å². The molecule has 1 N–H and O–H groups in total. The molecule has 1 aromatic rings. The van der Waals surface area contributed by atoms with Crippen molar-refractivity contribution in [2.24, 2.45) is 23.2 Å². The Bertz CT molecular complexity index is 430. The van der Waals surface area contributed by atoms with E-state index in [4.69, 9.17) is 4.74 Å². The first-order valence-electron chi connectivity index (χ1n) is 7.43. The Labute approximate surface area is 115 Å². The lowest BCUT2D eigenvalue weighted by atomic mass is 9.74. The first-order chi connectivity index (χ1) is 9.16. The number of hydrogen-bond donors (Lipinski definition) is 1. The van der Waals surface area contributed by atoms with Gasteiger partial charge < -0.3 is 9.84 Å². The third-order valence-electron chi connectivity index (χ3n) is 5.30. The largest absolute Gasteiger partial charge is 0.396 e. The number of fused-ring (bicyclic) bond motifs is 1. The predicted octanol–water partition coefficient (Wildman–Crippen LogP) is 3.25. The first kappa shape index (κ1) is 13.1. The molecule has 0 aromatic heterocycles. The van der Waals surface area contributed by atoms with Gasteiger partial charge in [0.05, 0.1) is 12.7 Å². The summed E-state index contributed by atoms with van der Waals surface area (Å²) in [6.45, 7) is 5.64. The van der Waals surface area contributed by atoms with Crippen LogP contribution < -0.4 is 0 Å². The van der Waals surface area contributed by atoms with Crippen molar-refractivity contribution >= 4 is 0 Å². The zero-order valence-electron chi connectivity index (χ0n) is 11.9. The highest BCUT2D eigenvalue weighted by Gasteiger charge is 2.61. The minimum Gasteiger partial charge on any atom is -0.396 e. The smallest absolute Gasteiger partial charge is 0.0720 e. The molecule has 2 aliphatic rings. The van der Waals surface area contributed by atoms with Crippen molar-refractivity contribution in [1.82, 2.24) is 0 Å². The highest BCUT2D eigenvalue weighted by atomic mass is 16.5. The second-order valence-electron chi connectivity index (χ2n) is 6.63. The molecule has 0 heterocycles. The Morgan fingerprint density at radius 1 is 1.21 bits per heavy atom. The lowest BCUT2D eigenvalue weighted by Gasteiger charge is -2.38. The number of hydrogen-bond acceptors (Lipinski definition) is 2. The van der Waals surface area contributed by atoms with Crippen LogP contribution in [0.15, 0.2) is 30.3 Å². The highest BCUT2D eigenvalue weighted by Crippen LogP contribution is 2.64. The fourth-order valence-electron chi connectivity index (χ4n) is 4.19. The van der Waals surface area contributed by atoms with Crippen molar-refractivity contribution in [3.8, 4) is 0 Å². The standard InChI is InChI=1S/C17H24O2/c1-12-8-17(11-18)9-15(17)13(2)16(12)19-10-14-6-4-3-5-7-14/h3-7,12-13,15-16,18H,8-11H2,1-2H3/t12?,13-,15+,16+,17+/m1/s1. The number of aliphatic hydroxyl groups is 1. The summed E-state index contributed by atoms with van der Waals surface area (Å²) in [6, 6.07) is 10.4. The van der Waals surface area contributed by atoms with Gasteiger partial charge in [0.2, 0.25) is 0 Å². The molecule has 0 saturated heterocycles. The molecule has 3 rings (SSSR count). The average Bonchev–Trinajstić information content (AvgIpc) is 3.15. The van der Waals surface area contributed by atoms with Crippen LogP contribution in [0.4, 0.5) is 0 Å². The van der Waals surface area contributed by atoms with Gasteiger partial charge in [-0.2, -0.15) is 0 Å². The molecule has 0 amide bonds. The summed E-state index contributed by atoms with van der Waals surface area (Å²) in [7, 11) is 0. The summed E-state index contributed by atoms with van der Waals surface area (Å²) in [4.78, 5) is 0. The van der Waals surface area contributed by atoms with Crippen molar-refractivity contribution < 1.29 is 9.84 Å². The molecule has 104 valence electrons. The van der Waals surface area contributed by atoms with E-state index in [9.17, 15) is 5.11 Å². The predicted molar refractivity (Wildman–Crippen MR) is 75.6 cm³/mol. The molecular formula is C17H24O2. The fraction of sp³-hybridized carbons (Fsp3) is 0.647. The van der Waals surface area contributed by atoms with Gasteiger partial charge in [0.15, 0.2) is 0 Å². The Balaban J connectivity index is 1.62. The second kappa shape index (κ2) is 4.92. The molecule has 2 heteroatoms. The Morgan fingerprint density at radius 2 is 1.95 bits per heavy atom. The van der Waals surface area contributed by atoms with E-state index in [1.807, 2.05) is 6.07 Å². The molecule has 2 aliphatic carbocycles. The number of aliphatic hydroxyl groups excluding tert-OH is 1. The van der Waals surface area contributed by atoms with E-state index >= 15 is 0 Å². The lowest BCUT2D eigenvalue weighted by molar-refractivity contribution is -0.0678. The van der Waals surface area contributed by atoms with Crippen LogP contribution in [0, 0.1) is 23.2 Å². The Kier molecular flexibility index (Phi) is 3.40. The molecule has 5 atom stereocenters. The molecule has 2 nitrogen and oxygen atoms in total. The SMILES string of the molecule is CC1C[C@@]2(CO)C[C@H]2[C@@H](C)[C@H]1OCc1ccccc1. The molecular weight excluding hydrogens is 236 g/mol. The van der Waals surface area contributed by atoms with Crippen LogP contribution in [-0.4, -0.2) is 17.8 Å². The van der Waals surface area contributed by atoms with Crippen LogP contribution in [0.1, 0.15) is 32.3 Å². The van der Waals surface area contributed by atoms with E-state index in [-0.39, 0.29) is 5.41 Å². The molecule has 0 aliphatic heterocycles. The average molecular weight is 260 g/mol. The maximum Gasteiger partial charge on any atom is 0.0720 e. The third-order valence-corrected chi connectivity index (χ3v) is 5.30. The topological polar surface area (TPSA) is 29.5 Å². The van der Waals surface area contributed by atoms with Crippen LogP contribution in [0.2, 0.25) is 0 Å². The molecule has 1 unspecified atom stereocenters. The summed E-state index contributed by atoms with van der Waals surface area (Å²) < 4.78 is 6.20. The van der Waals surface area contributed by atoms with E-state index in [1.165, 1.54) is 12.0 Å². The zero-order chi connectivity index (χ0) is 13.5. The maximum absolute atomic E-state index is 9.58. The van der Waals surface area contributed by atoms with E-state index in [1.54, 1.807) is 0 Å². The van der Waals surface area contributed by atoms with Gasteiger partial charge >= 0.3 is 0 Å². The van der Waals surface area contributed by atoms with Gasteiger partial charge in [-0.15, -0.1) is 0 Å². The molecule has 2 fully saturated rings. The van der Waals surface area contributed by atoms with Crippen LogP contribution >= 0.6 is 0 Å². The van der Waals surface area contributed by atoms with E-state index in [2.05, 4.69) is 38.1 Å². The monoisotopic (exact) mass is 260 g/mol. The summed E-state index contributed by atoms with van der Waals surface area (Å²) in [6.07, 6.45) is 2.66. The Hall–Kier alpha value is -0.860. The maximum atomic E-state index is 9.58. The number of rotatable bonds is 4. The molecule has 0 bridgehead atoms.